The van der Waals surface area contributed by atoms with Crippen LogP contribution in [0.15, 0.2) is 24.4 Å². The molecule has 0 radical (unpaired) electrons. The molecule has 0 saturated heterocycles. The van der Waals surface area contributed by atoms with E-state index in [1.54, 1.807) is 0 Å². The Kier molecular flexibility index (Phi) is 3.40. The summed E-state index contributed by atoms with van der Waals surface area (Å²) in [6.45, 7) is 2.17. The zero-order chi connectivity index (χ0) is 5.98. The largest absolute Gasteiger partial charge is 0.374 e. The van der Waals surface area contributed by atoms with Gasteiger partial charge in [0.05, 0.1) is 0 Å². The van der Waals surface area contributed by atoms with Crippen LogP contribution in [0.4, 0.5) is 0 Å². The monoisotopic (exact) mass is 145 g/mol. The van der Waals surface area contributed by atoms with Crippen molar-refractivity contribution < 1.29 is 0 Å². The number of nitrogens with zero attached hydrogens (tertiary/aromatic N) is 1. The molecule has 0 bridgehead atoms. The van der Waals surface area contributed by atoms with Gasteiger partial charge >= 0.3 is 0 Å². The number of hydrogen-bond donors (Lipinski definition) is 0. The minimum Gasteiger partial charge on any atom is -0.374 e. The van der Waals surface area contributed by atoms with Gasteiger partial charge in [0.2, 0.25) is 0 Å². The maximum atomic E-state index is 2.17. The van der Waals surface area contributed by atoms with Crippen LogP contribution in [0.3, 0.4) is 0 Å². The third-order valence-electron chi connectivity index (χ3n) is 1.46. The van der Waals surface area contributed by atoms with Crippen LogP contribution in [0.2, 0.25) is 0 Å². The van der Waals surface area contributed by atoms with E-state index >= 15 is 0 Å². The standard InChI is InChI=1S/C7H11N.ClH/c1-7-5-3-4-6-8(7)2;/h3-7H,1-2H3;1H. The summed E-state index contributed by atoms with van der Waals surface area (Å²) in [4.78, 5) is 2.17. The summed E-state index contributed by atoms with van der Waals surface area (Å²) < 4.78 is 0. The molecule has 1 aliphatic rings. The van der Waals surface area contributed by atoms with Gasteiger partial charge in [0.25, 0.3) is 0 Å². The summed E-state index contributed by atoms with van der Waals surface area (Å²) >= 11 is 0. The van der Waals surface area contributed by atoms with Gasteiger partial charge in [-0.3, -0.25) is 0 Å². The molecule has 9 heavy (non-hydrogen) atoms. The molecule has 0 aromatic rings. The molecule has 0 aromatic carbocycles. The fourth-order valence-corrected chi connectivity index (χ4v) is 0.682. The minimum atomic E-state index is 0. The highest BCUT2D eigenvalue weighted by molar-refractivity contribution is 5.85. The lowest BCUT2D eigenvalue weighted by Crippen LogP contribution is -2.22. The van der Waals surface area contributed by atoms with E-state index in [1.807, 2.05) is 6.08 Å². The SMILES string of the molecule is CC1C=CC=CN1C.Cl. The molecule has 52 valence electrons. The zero-order valence-electron chi connectivity index (χ0n) is 5.74. The van der Waals surface area contributed by atoms with E-state index in [2.05, 4.69) is 37.2 Å². The first-order valence-corrected chi connectivity index (χ1v) is 2.87. The van der Waals surface area contributed by atoms with E-state index in [1.165, 1.54) is 0 Å². The summed E-state index contributed by atoms with van der Waals surface area (Å²) in [6, 6.07) is 0.569. The molecule has 0 saturated carbocycles. The quantitative estimate of drug-likeness (QED) is 0.503. The normalized spacial score (nSPS) is 23.8. The summed E-state index contributed by atoms with van der Waals surface area (Å²) in [5.74, 6) is 0. The third-order valence-corrected chi connectivity index (χ3v) is 1.46. The van der Waals surface area contributed by atoms with Crippen molar-refractivity contribution in [2.24, 2.45) is 0 Å². The summed E-state index contributed by atoms with van der Waals surface area (Å²) in [7, 11) is 2.07. The van der Waals surface area contributed by atoms with E-state index in [0.717, 1.165) is 0 Å². The van der Waals surface area contributed by atoms with E-state index in [9.17, 15) is 0 Å². The zero-order valence-corrected chi connectivity index (χ0v) is 6.56. The second kappa shape index (κ2) is 3.57. The first-order chi connectivity index (χ1) is 3.80. The van der Waals surface area contributed by atoms with Gasteiger partial charge in [0.15, 0.2) is 0 Å². The molecular formula is C7H12ClN. The average Bonchev–Trinajstić information content (AvgIpc) is 1.77. The van der Waals surface area contributed by atoms with E-state index in [-0.39, 0.29) is 12.4 Å². The Bertz CT molecular complexity index is 113. The van der Waals surface area contributed by atoms with Crippen molar-refractivity contribution in [1.82, 2.24) is 4.90 Å². The van der Waals surface area contributed by atoms with Gasteiger partial charge in [-0.25, -0.2) is 0 Å². The van der Waals surface area contributed by atoms with Gasteiger partial charge in [-0.1, -0.05) is 12.2 Å². The molecule has 0 fully saturated rings. The molecule has 2 heteroatoms. The van der Waals surface area contributed by atoms with Crippen molar-refractivity contribution in [1.29, 1.82) is 0 Å². The molecule has 0 amide bonds. The van der Waals surface area contributed by atoms with Crippen LogP contribution in [0.25, 0.3) is 0 Å². The molecule has 1 atom stereocenters. The van der Waals surface area contributed by atoms with Crippen LogP contribution in [-0.2, 0) is 0 Å². The van der Waals surface area contributed by atoms with E-state index < -0.39 is 0 Å². The molecule has 1 heterocycles. The van der Waals surface area contributed by atoms with Crippen LogP contribution in [0.1, 0.15) is 6.92 Å². The molecule has 1 unspecified atom stereocenters. The van der Waals surface area contributed by atoms with E-state index in [4.69, 9.17) is 0 Å². The van der Waals surface area contributed by atoms with Crippen LogP contribution in [0.5, 0.6) is 0 Å². The summed E-state index contributed by atoms with van der Waals surface area (Å²) in [5.41, 5.74) is 0. The summed E-state index contributed by atoms with van der Waals surface area (Å²) in [5, 5.41) is 0. The van der Waals surface area contributed by atoms with Crippen molar-refractivity contribution in [3.63, 3.8) is 0 Å². The molecule has 0 aromatic heterocycles. The van der Waals surface area contributed by atoms with Gasteiger partial charge in [-0.2, -0.15) is 0 Å². The van der Waals surface area contributed by atoms with E-state index in [0.29, 0.717) is 6.04 Å². The predicted molar refractivity (Wildman–Crippen MR) is 42.8 cm³/mol. The lowest BCUT2D eigenvalue weighted by atomic mass is 10.2. The molecule has 1 aliphatic heterocycles. The smallest absolute Gasteiger partial charge is 0.0439 e. The van der Waals surface area contributed by atoms with Crippen LogP contribution < -0.4 is 0 Å². The van der Waals surface area contributed by atoms with Gasteiger partial charge in [-0.05, 0) is 19.2 Å². The summed E-state index contributed by atoms with van der Waals surface area (Å²) in [6.07, 6.45) is 8.36. The lowest BCUT2D eigenvalue weighted by Gasteiger charge is -2.21. The van der Waals surface area contributed by atoms with Crippen LogP contribution in [0, 0.1) is 0 Å². The van der Waals surface area contributed by atoms with Crippen molar-refractivity contribution in [3.05, 3.63) is 24.4 Å². The van der Waals surface area contributed by atoms with Gasteiger partial charge < -0.3 is 4.90 Å². The third kappa shape index (κ3) is 2.10. The number of halogens is 1. The van der Waals surface area contributed by atoms with Gasteiger partial charge in [0, 0.05) is 13.1 Å². The highest BCUT2D eigenvalue weighted by atomic mass is 35.5. The average molecular weight is 146 g/mol. The van der Waals surface area contributed by atoms with Gasteiger partial charge in [0.1, 0.15) is 0 Å². The Hall–Kier alpha value is -0.430. The Morgan fingerprint density at radius 2 is 2.00 bits per heavy atom. The first kappa shape index (κ1) is 8.57. The lowest BCUT2D eigenvalue weighted by molar-refractivity contribution is 0.403. The number of likely N-dealkylation sites (N-methyl/N-ethyl adjacent to an activating group) is 1. The van der Waals surface area contributed by atoms with Crippen molar-refractivity contribution >= 4 is 12.4 Å². The van der Waals surface area contributed by atoms with Crippen molar-refractivity contribution in [2.45, 2.75) is 13.0 Å². The maximum Gasteiger partial charge on any atom is 0.0439 e. The van der Waals surface area contributed by atoms with Crippen molar-refractivity contribution in [2.75, 3.05) is 7.05 Å². The topological polar surface area (TPSA) is 3.24 Å². The minimum absolute atomic E-state index is 0. The highest BCUT2D eigenvalue weighted by Gasteiger charge is 2.00. The molecule has 0 N–H and O–H groups in total. The maximum absolute atomic E-state index is 2.17. The first-order valence-electron chi connectivity index (χ1n) is 2.87. The predicted octanol–water partition coefficient (Wildman–Crippen LogP) is 1.81. The molecule has 1 rings (SSSR count). The Morgan fingerprint density at radius 3 is 2.33 bits per heavy atom. The number of rotatable bonds is 0. The van der Waals surface area contributed by atoms with Crippen LogP contribution in [-0.4, -0.2) is 18.0 Å². The van der Waals surface area contributed by atoms with Gasteiger partial charge in [-0.15, -0.1) is 12.4 Å². The highest BCUT2D eigenvalue weighted by Crippen LogP contribution is 2.02. The molecule has 0 aliphatic carbocycles. The molecular weight excluding hydrogens is 134 g/mol. The Morgan fingerprint density at radius 1 is 1.33 bits per heavy atom. The number of hydrogen-bond acceptors (Lipinski definition) is 1. The second-order valence-corrected chi connectivity index (χ2v) is 2.13. The fraction of sp³-hybridized carbons (Fsp3) is 0.429. The Labute approximate surface area is 62.5 Å². The molecule has 1 nitrogen and oxygen atoms in total. The second-order valence-electron chi connectivity index (χ2n) is 2.13. The fourth-order valence-electron chi connectivity index (χ4n) is 0.682. The number of allylic oxidation sites excluding steroid dienone is 2. The van der Waals surface area contributed by atoms with Crippen LogP contribution >= 0.6 is 12.4 Å². The Balaban J connectivity index is 0.000000640. The van der Waals surface area contributed by atoms with Crippen molar-refractivity contribution in [3.8, 4) is 0 Å². The molecule has 0 spiro atoms.